The molecule has 3 aromatic rings. The largest absolute Gasteiger partial charge is 0.463 e. The average Bonchev–Trinajstić information content (AvgIpc) is 3.36. The maximum absolute atomic E-state index is 14.3. The Morgan fingerprint density at radius 3 is 2.31 bits per heavy atom. The molecule has 1 N–H and O–H groups in total. The van der Waals surface area contributed by atoms with Crippen LogP contribution in [0.4, 0.5) is 32.3 Å². The summed E-state index contributed by atoms with van der Waals surface area (Å²) in [5, 5.41) is 10.3. The SMILES string of the molecule is OC1(C(F)(F)Cl)CC(c2ccc(F)cc2)=NN1c1nc(-c2ccco2)cc(C(F)(F)F)n1. The molecule has 1 unspecified atom stereocenters. The van der Waals surface area contributed by atoms with Crippen LogP contribution in [0.1, 0.15) is 17.7 Å². The number of hydrogen-bond acceptors (Lipinski definition) is 6. The first-order valence-corrected chi connectivity index (χ1v) is 9.19. The predicted octanol–water partition coefficient (Wildman–Crippen LogP) is 5.03. The molecule has 2 aromatic heterocycles. The molecule has 1 aliphatic rings. The van der Waals surface area contributed by atoms with Crippen LogP contribution in [0.25, 0.3) is 11.5 Å². The van der Waals surface area contributed by atoms with E-state index in [1.807, 2.05) is 0 Å². The number of alkyl halides is 6. The fraction of sp³-hybridized carbons (Fsp3) is 0.211. The summed E-state index contributed by atoms with van der Waals surface area (Å²) >= 11 is 5.12. The molecule has 0 amide bonds. The summed E-state index contributed by atoms with van der Waals surface area (Å²) in [6.07, 6.45) is -4.72. The van der Waals surface area contributed by atoms with E-state index in [0.29, 0.717) is 6.07 Å². The smallest absolute Gasteiger partial charge is 0.433 e. The van der Waals surface area contributed by atoms with E-state index in [1.54, 1.807) is 0 Å². The van der Waals surface area contributed by atoms with Crippen molar-refractivity contribution in [2.24, 2.45) is 5.10 Å². The predicted molar refractivity (Wildman–Crippen MR) is 101 cm³/mol. The third-order valence-corrected chi connectivity index (χ3v) is 4.89. The molecule has 0 saturated heterocycles. The maximum atomic E-state index is 14.3. The number of aliphatic hydroxyl groups is 1. The second kappa shape index (κ2) is 7.48. The lowest BCUT2D eigenvalue weighted by atomic mass is 10.0. The van der Waals surface area contributed by atoms with Gasteiger partial charge in [0.05, 0.1) is 12.0 Å². The van der Waals surface area contributed by atoms with Gasteiger partial charge in [-0.2, -0.15) is 32.1 Å². The summed E-state index contributed by atoms with van der Waals surface area (Å²) in [6, 6.07) is 7.68. The minimum atomic E-state index is -4.98. The number of rotatable bonds is 4. The minimum Gasteiger partial charge on any atom is -0.463 e. The number of hydrogen-bond donors (Lipinski definition) is 1. The average molecular weight is 477 g/mol. The van der Waals surface area contributed by atoms with Crippen LogP contribution in [0.5, 0.6) is 0 Å². The molecule has 0 saturated carbocycles. The van der Waals surface area contributed by atoms with Gasteiger partial charge in [-0.3, -0.25) is 0 Å². The summed E-state index contributed by atoms with van der Waals surface area (Å²) in [6.45, 7) is 0. The van der Waals surface area contributed by atoms with Gasteiger partial charge >= 0.3 is 11.6 Å². The molecule has 0 spiro atoms. The Balaban J connectivity index is 1.89. The molecule has 168 valence electrons. The highest BCUT2D eigenvalue weighted by atomic mass is 35.5. The second-order valence-electron chi connectivity index (χ2n) is 6.77. The number of halogens is 7. The van der Waals surface area contributed by atoms with E-state index < -0.39 is 46.9 Å². The summed E-state index contributed by atoms with van der Waals surface area (Å²) in [4.78, 5) is 7.10. The highest BCUT2D eigenvalue weighted by Crippen LogP contribution is 2.45. The number of anilines is 1. The molecule has 3 heterocycles. The van der Waals surface area contributed by atoms with Crippen molar-refractivity contribution in [3.63, 3.8) is 0 Å². The first kappa shape index (κ1) is 22.1. The molecule has 0 fully saturated rings. The number of benzene rings is 1. The molecular weight excluding hydrogens is 466 g/mol. The number of hydrazone groups is 1. The Bertz CT molecular complexity index is 1160. The van der Waals surface area contributed by atoms with Crippen LogP contribution in [0.3, 0.4) is 0 Å². The van der Waals surface area contributed by atoms with E-state index in [0.717, 1.165) is 12.1 Å². The number of aromatic nitrogens is 2. The first-order valence-electron chi connectivity index (χ1n) is 8.81. The van der Waals surface area contributed by atoms with E-state index in [2.05, 4.69) is 15.1 Å². The molecule has 6 nitrogen and oxygen atoms in total. The van der Waals surface area contributed by atoms with Gasteiger partial charge in [-0.1, -0.05) is 12.1 Å². The Morgan fingerprint density at radius 2 is 1.75 bits per heavy atom. The Morgan fingerprint density at radius 1 is 1.06 bits per heavy atom. The summed E-state index contributed by atoms with van der Waals surface area (Å²) in [5.41, 5.74) is -5.26. The summed E-state index contributed by atoms with van der Waals surface area (Å²) in [5.74, 6) is -1.72. The van der Waals surface area contributed by atoms with Crippen molar-refractivity contribution < 1.29 is 35.9 Å². The van der Waals surface area contributed by atoms with Crippen LogP contribution in [0.15, 0.2) is 58.2 Å². The molecule has 0 radical (unpaired) electrons. The van der Waals surface area contributed by atoms with E-state index in [1.165, 1.54) is 30.5 Å². The summed E-state index contributed by atoms with van der Waals surface area (Å²) < 4.78 is 87.1. The normalized spacial score (nSPS) is 19.4. The van der Waals surface area contributed by atoms with Gasteiger partial charge in [0, 0.05) is 6.42 Å². The lowest BCUT2D eigenvalue weighted by molar-refractivity contribution is -0.141. The zero-order chi connectivity index (χ0) is 23.3. The molecule has 13 heteroatoms. The third kappa shape index (κ3) is 3.91. The highest BCUT2D eigenvalue weighted by Gasteiger charge is 2.61. The zero-order valence-electron chi connectivity index (χ0n) is 15.6. The monoisotopic (exact) mass is 476 g/mol. The molecule has 32 heavy (non-hydrogen) atoms. The van der Waals surface area contributed by atoms with Gasteiger partial charge in [-0.25, -0.2) is 14.4 Å². The van der Waals surface area contributed by atoms with Crippen molar-refractivity contribution in [3.05, 3.63) is 65.8 Å². The van der Waals surface area contributed by atoms with Gasteiger partial charge in [0.1, 0.15) is 11.5 Å². The van der Waals surface area contributed by atoms with Crippen molar-refractivity contribution >= 4 is 23.3 Å². The molecule has 0 bridgehead atoms. The first-order chi connectivity index (χ1) is 14.9. The number of furan rings is 1. The fourth-order valence-corrected chi connectivity index (χ4v) is 3.15. The van der Waals surface area contributed by atoms with Crippen molar-refractivity contribution in [1.29, 1.82) is 0 Å². The molecule has 4 rings (SSSR count). The highest BCUT2D eigenvalue weighted by molar-refractivity contribution is 6.23. The third-order valence-electron chi connectivity index (χ3n) is 4.58. The van der Waals surface area contributed by atoms with Crippen molar-refractivity contribution in [3.8, 4) is 11.5 Å². The van der Waals surface area contributed by atoms with E-state index in [-0.39, 0.29) is 22.0 Å². The summed E-state index contributed by atoms with van der Waals surface area (Å²) in [7, 11) is 0. The van der Waals surface area contributed by atoms with Gasteiger partial charge < -0.3 is 9.52 Å². The molecule has 1 aromatic carbocycles. The van der Waals surface area contributed by atoms with Crippen LogP contribution in [0, 0.1) is 5.82 Å². The van der Waals surface area contributed by atoms with Gasteiger partial charge in [0.2, 0.25) is 11.7 Å². The molecule has 1 atom stereocenters. The van der Waals surface area contributed by atoms with Crippen molar-refractivity contribution in [1.82, 2.24) is 9.97 Å². The van der Waals surface area contributed by atoms with Crippen LogP contribution in [-0.4, -0.2) is 31.9 Å². The van der Waals surface area contributed by atoms with Crippen molar-refractivity contribution in [2.75, 3.05) is 5.01 Å². The van der Waals surface area contributed by atoms with E-state index in [9.17, 15) is 31.4 Å². The Hall–Kier alpha value is -3.12. The molecular formula is C19H11ClF6N4O2. The fourth-order valence-electron chi connectivity index (χ4n) is 3.00. The lowest BCUT2D eigenvalue weighted by Crippen LogP contribution is -2.55. The van der Waals surface area contributed by atoms with Crippen LogP contribution in [0.2, 0.25) is 0 Å². The van der Waals surface area contributed by atoms with E-state index >= 15 is 0 Å². The van der Waals surface area contributed by atoms with E-state index in [4.69, 9.17) is 16.0 Å². The maximum Gasteiger partial charge on any atom is 0.433 e. The second-order valence-corrected chi connectivity index (χ2v) is 7.24. The Labute approximate surface area is 180 Å². The quantitative estimate of drug-likeness (QED) is 0.422. The standard InChI is InChI=1S/C19H11ClF6N4O2/c20-19(25,26)17(31)9-13(10-3-5-11(21)6-4-10)29-30(17)16-27-12(14-2-1-7-32-14)8-15(28-16)18(22,23)24/h1-8,31H,9H2. The molecule has 1 aliphatic heterocycles. The van der Waals surface area contributed by atoms with Gasteiger partial charge in [0.25, 0.3) is 0 Å². The van der Waals surface area contributed by atoms with Crippen LogP contribution < -0.4 is 5.01 Å². The van der Waals surface area contributed by atoms with Crippen LogP contribution in [-0.2, 0) is 6.18 Å². The van der Waals surface area contributed by atoms with Gasteiger partial charge in [-0.15, -0.1) is 0 Å². The molecule has 0 aliphatic carbocycles. The Kier molecular flexibility index (Phi) is 5.17. The van der Waals surface area contributed by atoms with Crippen LogP contribution >= 0.6 is 11.6 Å². The van der Waals surface area contributed by atoms with Gasteiger partial charge in [-0.05, 0) is 47.5 Å². The van der Waals surface area contributed by atoms with Crippen molar-refractivity contribution in [2.45, 2.75) is 23.7 Å². The topological polar surface area (TPSA) is 74.8 Å². The zero-order valence-corrected chi connectivity index (χ0v) is 16.4. The lowest BCUT2D eigenvalue weighted by Gasteiger charge is -2.34. The number of nitrogens with zero attached hydrogens (tertiary/aromatic N) is 4. The van der Waals surface area contributed by atoms with Gasteiger partial charge in [0.15, 0.2) is 11.5 Å². The minimum absolute atomic E-state index is 0.109.